The summed E-state index contributed by atoms with van der Waals surface area (Å²) in [6.07, 6.45) is -1.10. The van der Waals surface area contributed by atoms with Gasteiger partial charge in [-0.1, -0.05) is 0 Å². The van der Waals surface area contributed by atoms with E-state index in [9.17, 15) is 15.0 Å². The van der Waals surface area contributed by atoms with E-state index in [1.165, 1.54) is 12.1 Å². The highest BCUT2D eigenvalue weighted by Gasteiger charge is 2.44. The van der Waals surface area contributed by atoms with Crippen LogP contribution in [-0.2, 0) is 0 Å². The van der Waals surface area contributed by atoms with E-state index in [1.54, 1.807) is 32.0 Å². The van der Waals surface area contributed by atoms with Gasteiger partial charge in [0.2, 0.25) is 5.88 Å². The topological polar surface area (TPSA) is 108 Å². The van der Waals surface area contributed by atoms with E-state index in [0.29, 0.717) is 16.9 Å². The third-order valence-electron chi connectivity index (χ3n) is 3.92. The van der Waals surface area contributed by atoms with Gasteiger partial charge in [0.15, 0.2) is 0 Å². The molecule has 2 N–H and O–H groups in total. The first-order valence-electron chi connectivity index (χ1n) is 7.03. The number of nitrogens with zero attached hydrogens (tertiary/aromatic N) is 3. The summed E-state index contributed by atoms with van der Waals surface area (Å²) in [7, 11) is 0. The smallest absolute Gasteiger partial charge is 0.267 e. The summed E-state index contributed by atoms with van der Waals surface area (Å²) in [5.74, 6) is 0.125. The molecule has 0 saturated heterocycles. The SMILES string of the molecule is CC1(C)Oc2ccc(C#N)cc2[C@@H](n2nc(O)ccc2=O)[C@@H]1O. The van der Waals surface area contributed by atoms with Gasteiger partial charge in [-0.3, -0.25) is 4.79 Å². The van der Waals surface area contributed by atoms with E-state index in [1.807, 2.05) is 6.07 Å². The highest BCUT2D eigenvalue weighted by molar-refractivity contribution is 5.46. The summed E-state index contributed by atoms with van der Waals surface area (Å²) in [6, 6.07) is 8.28. The third kappa shape index (κ3) is 2.43. The Morgan fingerprint density at radius 2 is 2.09 bits per heavy atom. The fraction of sp³-hybridized carbons (Fsp3) is 0.312. The minimum absolute atomic E-state index is 0.334. The van der Waals surface area contributed by atoms with Crippen molar-refractivity contribution in [3.8, 4) is 17.7 Å². The van der Waals surface area contributed by atoms with E-state index >= 15 is 0 Å². The van der Waals surface area contributed by atoms with Crippen molar-refractivity contribution in [3.63, 3.8) is 0 Å². The zero-order valence-corrected chi connectivity index (χ0v) is 12.6. The van der Waals surface area contributed by atoms with Gasteiger partial charge < -0.3 is 14.9 Å². The molecule has 1 aromatic heterocycles. The Morgan fingerprint density at radius 1 is 1.35 bits per heavy atom. The quantitative estimate of drug-likeness (QED) is 0.811. The summed E-state index contributed by atoms with van der Waals surface area (Å²) in [5.41, 5.74) is -0.607. The molecular formula is C16H15N3O4. The number of rotatable bonds is 1. The van der Waals surface area contributed by atoms with E-state index < -0.39 is 23.3 Å². The molecule has 0 radical (unpaired) electrons. The fourth-order valence-electron chi connectivity index (χ4n) is 2.72. The monoisotopic (exact) mass is 313 g/mol. The van der Waals surface area contributed by atoms with E-state index in [-0.39, 0.29) is 5.88 Å². The van der Waals surface area contributed by atoms with Crippen LogP contribution in [0.5, 0.6) is 11.6 Å². The molecule has 0 unspecified atom stereocenters. The molecule has 23 heavy (non-hydrogen) atoms. The minimum Gasteiger partial charge on any atom is -0.492 e. The van der Waals surface area contributed by atoms with Gasteiger partial charge in [-0.2, -0.15) is 5.26 Å². The van der Waals surface area contributed by atoms with Crippen molar-refractivity contribution in [3.05, 3.63) is 51.8 Å². The van der Waals surface area contributed by atoms with E-state index in [4.69, 9.17) is 10.00 Å². The Labute approximate surface area is 132 Å². The molecule has 0 saturated carbocycles. The molecule has 3 rings (SSSR count). The lowest BCUT2D eigenvalue weighted by Gasteiger charge is -2.42. The molecule has 0 amide bonds. The molecule has 2 atom stereocenters. The van der Waals surface area contributed by atoms with Gasteiger partial charge in [-0.15, -0.1) is 5.10 Å². The van der Waals surface area contributed by atoms with Gasteiger partial charge in [0.1, 0.15) is 23.5 Å². The molecular weight excluding hydrogens is 298 g/mol. The lowest BCUT2D eigenvalue weighted by molar-refractivity contribution is -0.0668. The molecule has 0 spiro atoms. The van der Waals surface area contributed by atoms with Gasteiger partial charge in [0.05, 0.1) is 11.6 Å². The third-order valence-corrected chi connectivity index (χ3v) is 3.92. The number of aliphatic hydroxyl groups excluding tert-OH is 1. The first-order chi connectivity index (χ1) is 10.8. The molecule has 7 heteroatoms. The Kier molecular flexibility index (Phi) is 3.34. The standard InChI is InChI=1S/C16H15N3O4/c1-16(2)15(22)14(19-13(21)6-5-12(20)18-19)10-7-9(8-17)3-4-11(10)23-16/h3-7,14-15,22H,1-2H3,(H,18,20)/t14-,15+/m1/s1. The second-order valence-electron chi connectivity index (χ2n) is 5.93. The van der Waals surface area contributed by atoms with Crippen molar-refractivity contribution in [1.29, 1.82) is 5.26 Å². The molecule has 7 nitrogen and oxygen atoms in total. The number of aromatic nitrogens is 2. The van der Waals surface area contributed by atoms with Gasteiger partial charge in [0.25, 0.3) is 5.56 Å². The van der Waals surface area contributed by atoms with Crippen LogP contribution < -0.4 is 10.3 Å². The minimum atomic E-state index is -1.10. The van der Waals surface area contributed by atoms with Crippen molar-refractivity contribution < 1.29 is 14.9 Å². The highest BCUT2D eigenvalue weighted by atomic mass is 16.5. The first-order valence-corrected chi connectivity index (χ1v) is 7.03. The predicted molar refractivity (Wildman–Crippen MR) is 80.2 cm³/mol. The van der Waals surface area contributed by atoms with Crippen molar-refractivity contribution in [2.75, 3.05) is 0 Å². The largest absolute Gasteiger partial charge is 0.492 e. The molecule has 0 aliphatic carbocycles. The van der Waals surface area contributed by atoms with Crippen molar-refractivity contribution >= 4 is 0 Å². The molecule has 1 aliphatic rings. The van der Waals surface area contributed by atoms with Gasteiger partial charge in [-0.25, -0.2) is 4.68 Å². The molecule has 1 aromatic carbocycles. The van der Waals surface area contributed by atoms with E-state index in [0.717, 1.165) is 4.68 Å². The fourth-order valence-corrected chi connectivity index (χ4v) is 2.72. The lowest BCUT2D eigenvalue weighted by Crippen LogP contribution is -2.52. The predicted octanol–water partition coefficient (Wildman–Crippen LogP) is 0.942. The number of benzene rings is 1. The summed E-state index contributed by atoms with van der Waals surface area (Å²) in [4.78, 5) is 12.2. The lowest BCUT2D eigenvalue weighted by atomic mass is 9.86. The molecule has 2 heterocycles. The van der Waals surface area contributed by atoms with Crippen LogP contribution in [0.2, 0.25) is 0 Å². The second-order valence-corrected chi connectivity index (χ2v) is 5.93. The molecule has 118 valence electrons. The number of nitriles is 1. The number of aliphatic hydroxyl groups is 1. The number of hydrogen-bond acceptors (Lipinski definition) is 6. The number of hydrogen-bond donors (Lipinski definition) is 2. The number of aromatic hydroxyl groups is 1. The average Bonchev–Trinajstić information content (AvgIpc) is 2.51. The van der Waals surface area contributed by atoms with Crippen molar-refractivity contribution in [2.24, 2.45) is 0 Å². The van der Waals surface area contributed by atoms with Crippen LogP contribution in [0, 0.1) is 11.3 Å². The average molecular weight is 313 g/mol. The Hall–Kier alpha value is -2.85. The van der Waals surface area contributed by atoms with Gasteiger partial charge >= 0.3 is 0 Å². The van der Waals surface area contributed by atoms with Crippen molar-refractivity contribution in [1.82, 2.24) is 9.78 Å². The molecule has 1 aliphatic heterocycles. The van der Waals surface area contributed by atoms with E-state index in [2.05, 4.69) is 5.10 Å². The van der Waals surface area contributed by atoms with Crippen LogP contribution in [0.25, 0.3) is 0 Å². The second kappa shape index (κ2) is 5.11. The van der Waals surface area contributed by atoms with Crippen LogP contribution in [0.4, 0.5) is 0 Å². The Morgan fingerprint density at radius 3 is 2.78 bits per heavy atom. The normalized spacial score (nSPS) is 21.8. The Balaban J connectivity index is 2.28. The molecule has 2 aromatic rings. The maximum atomic E-state index is 12.2. The summed E-state index contributed by atoms with van der Waals surface area (Å²) < 4.78 is 6.81. The van der Waals surface area contributed by atoms with Gasteiger partial charge in [0, 0.05) is 17.7 Å². The Bertz CT molecular complexity index is 866. The van der Waals surface area contributed by atoms with Crippen LogP contribution in [0.1, 0.15) is 31.0 Å². The summed E-state index contributed by atoms with van der Waals surface area (Å²) in [6.45, 7) is 3.39. The molecule has 0 fully saturated rings. The maximum Gasteiger partial charge on any atom is 0.267 e. The van der Waals surface area contributed by atoms with Crippen molar-refractivity contribution in [2.45, 2.75) is 31.6 Å². The van der Waals surface area contributed by atoms with Crippen LogP contribution in [0.15, 0.2) is 35.1 Å². The maximum absolute atomic E-state index is 12.2. The van der Waals surface area contributed by atoms with Crippen LogP contribution in [-0.4, -0.2) is 31.7 Å². The molecule has 0 bridgehead atoms. The zero-order valence-electron chi connectivity index (χ0n) is 12.6. The first kappa shape index (κ1) is 15.1. The zero-order chi connectivity index (χ0) is 16.8. The summed E-state index contributed by atoms with van der Waals surface area (Å²) >= 11 is 0. The number of fused-ring (bicyclic) bond motifs is 1. The van der Waals surface area contributed by atoms with Gasteiger partial charge in [-0.05, 0) is 32.0 Å². The number of ether oxygens (including phenoxy) is 1. The van der Waals surface area contributed by atoms with Crippen LogP contribution in [0.3, 0.4) is 0 Å². The summed E-state index contributed by atoms with van der Waals surface area (Å²) in [5, 5.41) is 33.2. The highest BCUT2D eigenvalue weighted by Crippen LogP contribution is 2.41. The van der Waals surface area contributed by atoms with Crippen LogP contribution >= 0.6 is 0 Å².